The SMILES string of the molecule is O[C@H](COc1ccc(F)cc1)CN1CCC2(CC1)Cc1cc(Cl)ccc1O2. The van der Waals surface area contributed by atoms with Crippen LogP contribution in [0.3, 0.4) is 0 Å². The quantitative estimate of drug-likeness (QED) is 0.844. The van der Waals surface area contributed by atoms with Crippen LogP contribution in [0.15, 0.2) is 42.5 Å². The van der Waals surface area contributed by atoms with Gasteiger partial charge in [-0.1, -0.05) is 11.6 Å². The fourth-order valence-electron chi connectivity index (χ4n) is 3.90. The third-order valence-corrected chi connectivity index (χ3v) is 5.59. The van der Waals surface area contributed by atoms with Crippen molar-refractivity contribution in [3.05, 3.63) is 58.9 Å². The summed E-state index contributed by atoms with van der Waals surface area (Å²) in [5.41, 5.74) is 1.04. The van der Waals surface area contributed by atoms with Crippen LogP contribution in [-0.2, 0) is 6.42 Å². The first-order chi connectivity index (χ1) is 13.0. The molecule has 1 saturated heterocycles. The third kappa shape index (κ3) is 4.37. The fraction of sp³-hybridized carbons (Fsp3) is 0.429. The number of β-amino-alcohol motifs (C(OH)–C–C–N with tert-alkyl or cyclic N) is 1. The van der Waals surface area contributed by atoms with Gasteiger partial charge in [-0.25, -0.2) is 4.39 Å². The molecule has 0 aromatic heterocycles. The Labute approximate surface area is 163 Å². The van der Waals surface area contributed by atoms with Gasteiger partial charge in [0, 0.05) is 43.9 Å². The standard InChI is InChI=1S/C21H23ClFNO3/c22-16-1-6-20-15(11-16)12-21(27-20)7-9-24(10-8-21)13-18(25)14-26-19-4-2-17(23)3-5-19/h1-6,11,18,25H,7-10,12-14H2/t18-/m0/s1. The number of piperidine rings is 1. The molecule has 2 heterocycles. The molecule has 0 aliphatic carbocycles. The summed E-state index contributed by atoms with van der Waals surface area (Å²) >= 11 is 6.09. The van der Waals surface area contributed by atoms with Crippen LogP contribution in [0.2, 0.25) is 5.02 Å². The van der Waals surface area contributed by atoms with E-state index in [9.17, 15) is 9.50 Å². The summed E-state index contributed by atoms with van der Waals surface area (Å²) in [7, 11) is 0. The maximum Gasteiger partial charge on any atom is 0.123 e. The summed E-state index contributed by atoms with van der Waals surface area (Å²) in [5, 5.41) is 11.0. The Morgan fingerprint density at radius 2 is 1.93 bits per heavy atom. The van der Waals surface area contributed by atoms with Crippen LogP contribution in [0.5, 0.6) is 11.5 Å². The highest BCUT2D eigenvalue weighted by atomic mass is 35.5. The van der Waals surface area contributed by atoms with Crippen LogP contribution in [0.25, 0.3) is 0 Å². The minimum Gasteiger partial charge on any atom is -0.491 e. The molecular formula is C21H23ClFNO3. The number of likely N-dealkylation sites (tertiary alicyclic amines) is 1. The van der Waals surface area contributed by atoms with Crippen LogP contribution in [0.4, 0.5) is 4.39 Å². The Morgan fingerprint density at radius 3 is 2.67 bits per heavy atom. The second-order valence-corrected chi connectivity index (χ2v) is 7.87. The van der Waals surface area contributed by atoms with Crippen LogP contribution >= 0.6 is 11.6 Å². The van der Waals surface area contributed by atoms with Crippen molar-refractivity contribution in [2.45, 2.75) is 31.0 Å². The van der Waals surface area contributed by atoms with Gasteiger partial charge in [0.1, 0.15) is 35.6 Å². The molecular weight excluding hydrogens is 369 g/mol. The van der Waals surface area contributed by atoms with Crippen LogP contribution in [0, 0.1) is 5.82 Å². The number of benzene rings is 2. The third-order valence-electron chi connectivity index (χ3n) is 5.35. The van der Waals surface area contributed by atoms with Crippen molar-refractivity contribution >= 4 is 11.6 Å². The molecule has 0 radical (unpaired) electrons. The summed E-state index contributed by atoms with van der Waals surface area (Å²) in [6.07, 6.45) is 2.15. The Hall–Kier alpha value is -1.82. The number of rotatable bonds is 5. The number of hydrogen-bond acceptors (Lipinski definition) is 4. The lowest BCUT2D eigenvalue weighted by Gasteiger charge is -2.39. The Morgan fingerprint density at radius 1 is 1.19 bits per heavy atom. The zero-order valence-electron chi connectivity index (χ0n) is 15.0. The van der Waals surface area contributed by atoms with Crippen molar-refractivity contribution in [1.29, 1.82) is 0 Å². The van der Waals surface area contributed by atoms with Gasteiger partial charge in [-0.2, -0.15) is 0 Å². The van der Waals surface area contributed by atoms with Gasteiger partial charge < -0.3 is 19.5 Å². The minimum atomic E-state index is -0.593. The van der Waals surface area contributed by atoms with Gasteiger partial charge >= 0.3 is 0 Å². The predicted molar refractivity (Wildman–Crippen MR) is 102 cm³/mol. The molecule has 0 bridgehead atoms. The number of aliphatic hydroxyl groups is 1. The molecule has 1 spiro atoms. The summed E-state index contributed by atoms with van der Waals surface area (Å²) in [6, 6.07) is 11.6. The van der Waals surface area contributed by atoms with Crippen molar-refractivity contribution in [3.8, 4) is 11.5 Å². The lowest BCUT2D eigenvalue weighted by molar-refractivity contribution is -0.00196. The topological polar surface area (TPSA) is 41.9 Å². The molecule has 2 aromatic rings. The number of halogens is 2. The number of hydrogen-bond donors (Lipinski definition) is 1. The average molecular weight is 392 g/mol. The number of nitrogens with zero attached hydrogens (tertiary/aromatic N) is 1. The van der Waals surface area contributed by atoms with Gasteiger partial charge in [0.2, 0.25) is 0 Å². The summed E-state index contributed by atoms with van der Waals surface area (Å²) in [5.74, 6) is 1.20. The molecule has 0 unspecified atom stereocenters. The van der Waals surface area contributed by atoms with Gasteiger partial charge in [0.15, 0.2) is 0 Å². The first-order valence-electron chi connectivity index (χ1n) is 9.28. The first-order valence-corrected chi connectivity index (χ1v) is 9.65. The molecule has 6 heteroatoms. The molecule has 2 aliphatic heterocycles. The normalized spacial score (nSPS) is 19.5. The van der Waals surface area contributed by atoms with Crippen LogP contribution in [-0.4, -0.2) is 48.0 Å². The average Bonchev–Trinajstić information content (AvgIpc) is 3.00. The summed E-state index contributed by atoms with van der Waals surface area (Å²) in [6.45, 7) is 2.48. The molecule has 0 saturated carbocycles. The Balaban J connectivity index is 1.24. The van der Waals surface area contributed by atoms with Crippen molar-refractivity contribution in [2.24, 2.45) is 0 Å². The Kier molecular flexibility index (Phi) is 5.26. The number of fused-ring (bicyclic) bond motifs is 1. The van der Waals surface area contributed by atoms with E-state index in [2.05, 4.69) is 4.90 Å². The van der Waals surface area contributed by atoms with Gasteiger partial charge in [-0.3, -0.25) is 0 Å². The molecule has 4 rings (SSSR count). The van der Waals surface area contributed by atoms with Crippen LogP contribution < -0.4 is 9.47 Å². The summed E-state index contributed by atoms with van der Waals surface area (Å²) in [4.78, 5) is 2.24. The van der Waals surface area contributed by atoms with E-state index in [0.717, 1.165) is 43.1 Å². The van der Waals surface area contributed by atoms with E-state index < -0.39 is 6.10 Å². The lowest BCUT2D eigenvalue weighted by Crippen LogP contribution is -2.49. The maximum absolute atomic E-state index is 12.9. The molecule has 1 fully saturated rings. The van der Waals surface area contributed by atoms with Gasteiger partial charge in [-0.05, 0) is 48.0 Å². The van der Waals surface area contributed by atoms with Crippen molar-refractivity contribution in [2.75, 3.05) is 26.2 Å². The van der Waals surface area contributed by atoms with E-state index in [-0.39, 0.29) is 18.0 Å². The molecule has 1 N–H and O–H groups in total. The minimum absolute atomic E-state index is 0.140. The van der Waals surface area contributed by atoms with Gasteiger partial charge in [0.25, 0.3) is 0 Å². The predicted octanol–water partition coefficient (Wildman–Crippen LogP) is 3.69. The monoisotopic (exact) mass is 391 g/mol. The van der Waals surface area contributed by atoms with E-state index in [4.69, 9.17) is 21.1 Å². The highest BCUT2D eigenvalue weighted by molar-refractivity contribution is 6.30. The van der Waals surface area contributed by atoms with Crippen LogP contribution in [0.1, 0.15) is 18.4 Å². The molecule has 0 amide bonds. The molecule has 4 nitrogen and oxygen atoms in total. The van der Waals surface area contributed by atoms with Crippen molar-refractivity contribution in [3.63, 3.8) is 0 Å². The first kappa shape index (κ1) is 18.5. The number of ether oxygens (including phenoxy) is 2. The largest absolute Gasteiger partial charge is 0.491 e. The molecule has 144 valence electrons. The zero-order valence-corrected chi connectivity index (χ0v) is 15.8. The lowest BCUT2D eigenvalue weighted by atomic mass is 9.87. The van der Waals surface area contributed by atoms with Crippen molar-refractivity contribution < 1.29 is 19.0 Å². The van der Waals surface area contributed by atoms with E-state index in [0.29, 0.717) is 12.3 Å². The van der Waals surface area contributed by atoms with Gasteiger partial charge in [-0.15, -0.1) is 0 Å². The molecule has 1 atom stereocenters. The maximum atomic E-state index is 12.9. The van der Waals surface area contributed by atoms with E-state index in [1.165, 1.54) is 17.7 Å². The molecule has 2 aliphatic rings. The highest BCUT2D eigenvalue weighted by Gasteiger charge is 2.42. The smallest absolute Gasteiger partial charge is 0.123 e. The van der Waals surface area contributed by atoms with E-state index in [1.54, 1.807) is 12.1 Å². The van der Waals surface area contributed by atoms with Gasteiger partial charge in [0.05, 0.1) is 0 Å². The number of aliphatic hydroxyl groups excluding tert-OH is 1. The van der Waals surface area contributed by atoms with E-state index in [1.807, 2.05) is 18.2 Å². The van der Waals surface area contributed by atoms with E-state index >= 15 is 0 Å². The second-order valence-electron chi connectivity index (χ2n) is 7.43. The Bertz CT molecular complexity index is 791. The van der Waals surface area contributed by atoms with Crippen molar-refractivity contribution in [1.82, 2.24) is 4.90 Å². The fourth-order valence-corrected chi connectivity index (χ4v) is 4.09. The second kappa shape index (κ2) is 7.66. The molecule has 27 heavy (non-hydrogen) atoms. The zero-order chi connectivity index (χ0) is 18.9. The highest BCUT2D eigenvalue weighted by Crippen LogP contribution is 2.41. The molecule has 2 aromatic carbocycles. The summed E-state index contributed by atoms with van der Waals surface area (Å²) < 4.78 is 24.7.